The molecule has 0 saturated heterocycles. The molecule has 0 N–H and O–H groups in total. The summed E-state index contributed by atoms with van der Waals surface area (Å²) in [4.78, 5) is 10.9. The first-order valence-corrected chi connectivity index (χ1v) is 7.85. The molecule has 116 valence electrons. The fourth-order valence-corrected chi connectivity index (χ4v) is 3.22. The Morgan fingerprint density at radius 3 is 2.38 bits per heavy atom. The molecule has 0 aliphatic heterocycles. The molecule has 1 aliphatic rings. The molecule has 0 heterocycles. The smallest absolute Gasteiger partial charge is 0.258 e. The third-order valence-corrected chi connectivity index (χ3v) is 4.41. The zero-order valence-electron chi connectivity index (χ0n) is 13.0. The summed E-state index contributed by atoms with van der Waals surface area (Å²) < 4.78 is 0. The van der Waals surface area contributed by atoms with Crippen molar-refractivity contribution in [1.82, 2.24) is 0 Å². The molecule has 3 nitrogen and oxygen atoms in total. The third-order valence-electron chi connectivity index (χ3n) is 4.41. The highest BCUT2D eigenvalue weighted by Crippen LogP contribution is 2.36. The molecular weight excluding hydrogens is 298 g/mol. The SMILES string of the molecule is O=[N+]([O-])c1ccccc1-c1ccc2c(c1)C=C(c1ccccc1)C2. The standard InChI is InChI=1S/C21H15NO2/c23-22(24)21-9-5-4-8-20(21)17-11-10-16-12-18(14-19(16)13-17)15-6-2-1-3-7-15/h1-11,13-14H,12H2. The van der Waals surface area contributed by atoms with Gasteiger partial charge in [-0.3, -0.25) is 10.1 Å². The topological polar surface area (TPSA) is 43.1 Å². The number of nitrogens with zero attached hydrogens (tertiary/aromatic N) is 1. The maximum absolute atomic E-state index is 11.3. The highest BCUT2D eigenvalue weighted by atomic mass is 16.6. The number of fused-ring (bicyclic) bond motifs is 1. The maximum Gasteiger partial charge on any atom is 0.277 e. The number of nitro groups is 1. The van der Waals surface area contributed by atoms with E-state index >= 15 is 0 Å². The Labute approximate surface area is 140 Å². The average molecular weight is 313 g/mol. The van der Waals surface area contributed by atoms with E-state index in [9.17, 15) is 10.1 Å². The lowest BCUT2D eigenvalue weighted by atomic mass is 9.99. The van der Waals surface area contributed by atoms with Gasteiger partial charge >= 0.3 is 0 Å². The van der Waals surface area contributed by atoms with Crippen LogP contribution in [0.3, 0.4) is 0 Å². The Hall–Kier alpha value is -3.20. The van der Waals surface area contributed by atoms with Crippen LogP contribution in [-0.2, 0) is 6.42 Å². The van der Waals surface area contributed by atoms with Gasteiger partial charge in [-0.25, -0.2) is 0 Å². The van der Waals surface area contributed by atoms with Crippen LogP contribution in [-0.4, -0.2) is 4.92 Å². The highest BCUT2D eigenvalue weighted by molar-refractivity contribution is 5.90. The molecule has 1 aliphatic carbocycles. The molecular formula is C21H15NO2. The van der Waals surface area contributed by atoms with Crippen molar-refractivity contribution >= 4 is 17.3 Å². The van der Waals surface area contributed by atoms with E-state index in [0.717, 1.165) is 17.5 Å². The Morgan fingerprint density at radius 2 is 1.58 bits per heavy atom. The fourth-order valence-electron chi connectivity index (χ4n) is 3.22. The van der Waals surface area contributed by atoms with Gasteiger partial charge in [-0.2, -0.15) is 0 Å². The molecule has 3 heteroatoms. The normalized spacial score (nSPS) is 12.6. The molecule has 0 unspecified atom stereocenters. The minimum atomic E-state index is -0.326. The highest BCUT2D eigenvalue weighted by Gasteiger charge is 2.18. The van der Waals surface area contributed by atoms with E-state index < -0.39 is 0 Å². The number of hydrogen-bond acceptors (Lipinski definition) is 2. The van der Waals surface area contributed by atoms with Crippen LogP contribution in [0.1, 0.15) is 16.7 Å². The Bertz CT molecular complexity index is 959. The lowest BCUT2D eigenvalue weighted by molar-refractivity contribution is -0.384. The molecule has 0 fully saturated rings. The first-order valence-electron chi connectivity index (χ1n) is 7.85. The molecule has 0 aromatic heterocycles. The van der Waals surface area contributed by atoms with Gasteiger partial charge in [0.2, 0.25) is 0 Å². The number of rotatable bonds is 3. The molecule has 3 aromatic carbocycles. The van der Waals surface area contributed by atoms with Crippen LogP contribution in [0.4, 0.5) is 5.69 Å². The van der Waals surface area contributed by atoms with Gasteiger partial charge in [0.05, 0.1) is 10.5 Å². The van der Waals surface area contributed by atoms with Crippen LogP contribution in [0.5, 0.6) is 0 Å². The summed E-state index contributed by atoms with van der Waals surface area (Å²) in [5.74, 6) is 0. The summed E-state index contributed by atoms with van der Waals surface area (Å²) in [6.45, 7) is 0. The largest absolute Gasteiger partial charge is 0.277 e. The summed E-state index contributed by atoms with van der Waals surface area (Å²) in [6.07, 6.45) is 3.08. The first kappa shape index (κ1) is 14.4. The summed E-state index contributed by atoms with van der Waals surface area (Å²) in [5, 5.41) is 11.3. The van der Waals surface area contributed by atoms with Gasteiger partial charge in [-0.05, 0) is 46.4 Å². The van der Waals surface area contributed by atoms with Gasteiger partial charge in [0.15, 0.2) is 0 Å². The molecule has 0 saturated carbocycles. The van der Waals surface area contributed by atoms with Gasteiger partial charge in [-0.1, -0.05) is 60.7 Å². The second-order valence-electron chi connectivity index (χ2n) is 5.90. The van der Waals surface area contributed by atoms with Gasteiger partial charge in [0, 0.05) is 6.07 Å². The van der Waals surface area contributed by atoms with Crippen LogP contribution < -0.4 is 0 Å². The van der Waals surface area contributed by atoms with Crippen molar-refractivity contribution in [1.29, 1.82) is 0 Å². The summed E-state index contributed by atoms with van der Waals surface area (Å²) in [7, 11) is 0. The van der Waals surface area contributed by atoms with E-state index in [2.05, 4.69) is 24.3 Å². The van der Waals surface area contributed by atoms with Gasteiger partial charge in [0.1, 0.15) is 0 Å². The fraction of sp³-hybridized carbons (Fsp3) is 0.0476. The molecule has 24 heavy (non-hydrogen) atoms. The average Bonchev–Trinajstić information content (AvgIpc) is 3.05. The van der Waals surface area contributed by atoms with Crippen molar-refractivity contribution < 1.29 is 4.92 Å². The zero-order chi connectivity index (χ0) is 16.5. The summed E-state index contributed by atoms with van der Waals surface area (Å²) in [6, 6.07) is 23.3. The lowest BCUT2D eigenvalue weighted by Gasteiger charge is -2.06. The number of benzene rings is 3. The summed E-state index contributed by atoms with van der Waals surface area (Å²) >= 11 is 0. The monoisotopic (exact) mass is 313 g/mol. The zero-order valence-corrected chi connectivity index (χ0v) is 13.0. The van der Waals surface area contributed by atoms with Gasteiger partial charge in [-0.15, -0.1) is 0 Å². The van der Waals surface area contributed by atoms with Crippen molar-refractivity contribution in [3.8, 4) is 11.1 Å². The van der Waals surface area contributed by atoms with E-state index in [1.165, 1.54) is 16.7 Å². The number of allylic oxidation sites excluding steroid dienone is 1. The van der Waals surface area contributed by atoms with Gasteiger partial charge < -0.3 is 0 Å². The minimum Gasteiger partial charge on any atom is -0.258 e. The van der Waals surface area contributed by atoms with Crippen molar-refractivity contribution in [3.63, 3.8) is 0 Å². The Balaban J connectivity index is 1.76. The molecule has 4 rings (SSSR count). The molecule has 0 atom stereocenters. The summed E-state index contributed by atoms with van der Waals surface area (Å²) in [5.41, 5.74) is 6.59. The van der Waals surface area contributed by atoms with Crippen LogP contribution in [0, 0.1) is 10.1 Å². The predicted molar refractivity (Wildman–Crippen MR) is 96.5 cm³/mol. The van der Waals surface area contributed by atoms with E-state index in [0.29, 0.717) is 5.56 Å². The van der Waals surface area contributed by atoms with Gasteiger partial charge in [0.25, 0.3) is 5.69 Å². The minimum absolute atomic E-state index is 0.141. The van der Waals surface area contributed by atoms with Crippen molar-refractivity contribution in [2.45, 2.75) is 6.42 Å². The van der Waals surface area contributed by atoms with E-state index in [-0.39, 0.29) is 10.6 Å². The van der Waals surface area contributed by atoms with Crippen LogP contribution in [0.25, 0.3) is 22.8 Å². The molecule has 0 radical (unpaired) electrons. The van der Waals surface area contributed by atoms with Crippen LogP contribution >= 0.6 is 0 Å². The lowest BCUT2D eigenvalue weighted by Crippen LogP contribution is -1.92. The molecule has 0 spiro atoms. The molecule has 0 bridgehead atoms. The number of para-hydroxylation sites is 1. The number of nitro benzene ring substituents is 1. The maximum atomic E-state index is 11.3. The Kier molecular flexibility index (Phi) is 3.47. The Morgan fingerprint density at radius 1 is 0.833 bits per heavy atom. The predicted octanol–water partition coefficient (Wildman–Crippen LogP) is 5.36. The molecule has 3 aromatic rings. The van der Waals surface area contributed by atoms with Crippen molar-refractivity contribution in [2.75, 3.05) is 0 Å². The number of hydrogen-bond donors (Lipinski definition) is 0. The van der Waals surface area contributed by atoms with Crippen molar-refractivity contribution in [2.24, 2.45) is 0 Å². The third kappa shape index (κ3) is 2.50. The first-order chi connectivity index (χ1) is 11.7. The van der Waals surface area contributed by atoms with Crippen LogP contribution in [0.2, 0.25) is 0 Å². The van der Waals surface area contributed by atoms with Crippen LogP contribution in [0.15, 0.2) is 72.8 Å². The van der Waals surface area contributed by atoms with Crippen molar-refractivity contribution in [3.05, 3.63) is 99.6 Å². The molecule has 0 amide bonds. The van der Waals surface area contributed by atoms with E-state index in [1.54, 1.807) is 18.2 Å². The quantitative estimate of drug-likeness (QED) is 0.482. The van der Waals surface area contributed by atoms with E-state index in [1.807, 2.05) is 36.4 Å². The van der Waals surface area contributed by atoms with E-state index in [4.69, 9.17) is 0 Å². The second-order valence-corrected chi connectivity index (χ2v) is 5.90. The second kappa shape index (κ2) is 5.78.